The fourth-order valence-electron chi connectivity index (χ4n) is 1.07. The van der Waals surface area contributed by atoms with E-state index >= 15 is 0 Å². The van der Waals surface area contributed by atoms with Crippen LogP contribution in [0.2, 0.25) is 0 Å². The van der Waals surface area contributed by atoms with E-state index in [2.05, 4.69) is 0 Å². The molecule has 0 aromatic heterocycles. The smallest absolute Gasteiger partial charge is 0.304 e. The van der Waals surface area contributed by atoms with E-state index < -0.39 is 7.52 Å². The number of nitrogens with zero attached hydrogens (tertiary/aromatic N) is 2. The molecule has 14 heavy (non-hydrogen) atoms. The van der Waals surface area contributed by atoms with Crippen LogP contribution in [0.15, 0.2) is 0 Å². The van der Waals surface area contributed by atoms with Crippen molar-refractivity contribution in [3.63, 3.8) is 0 Å². The molecule has 0 saturated heterocycles. The summed E-state index contributed by atoms with van der Waals surface area (Å²) >= 11 is 0. The van der Waals surface area contributed by atoms with Crippen LogP contribution >= 0.6 is 7.52 Å². The van der Waals surface area contributed by atoms with Crippen molar-refractivity contribution < 1.29 is 9.09 Å². The van der Waals surface area contributed by atoms with E-state index in [1.54, 1.807) is 10.5 Å². The summed E-state index contributed by atoms with van der Waals surface area (Å²) in [6.45, 7) is 8.64. The minimum Gasteiger partial charge on any atom is -0.304 e. The molecule has 2 unspecified atom stereocenters. The van der Waals surface area contributed by atoms with Crippen LogP contribution in [-0.4, -0.2) is 23.9 Å². The molecular formula is C9H19N2O2P. The van der Waals surface area contributed by atoms with Gasteiger partial charge in [0.15, 0.2) is 5.81 Å². The predicted octanol–water partition coefficient (Wildman–Crippen LogP) is 2.82. The summed E-state index contributed by atoms with van der Waals surface area (Å²) in [7, 11) is -3.24. The molecule has 0 aliphatic carbocycles. The van der Waals surface area contributed by atoms with Gasteiger partial charge in [0.1, 0.15) is 0 Å². The molecule has 0 bridgehead atoms. The average Bonchev–Trinajstić information content (AvgIpc) is 2.19. The van der Waals surface area contributed by atoms with Crippen molar-refractivity contribution in [1.82, 2.24) is 4.67 Å². The summed E-state index contributed by atoms with van der Waals surface area (Å²) < 4.78 is 18.9. The molecule has 0 N–H and O–H groups in total. The molecule has 0 heterocycles. The molecular weight excluding hydrogens is 199 g/mol. The van der Waals surface area contributed by atoms with Crippen molar-refractivity contribution in [2.75, 3.05) is 13.1 Å². The molecule has 0 saturated carbocycles. The molecule has 4 nitrogen and oxygen atoms in total. The zero-order chi connectivity index (χ0) is 11.2. The van der Waals surface area contributed by atoms with Crippen molar-refractivity contribution in [2.24, 2.45) is 0 Å². The zero-order valence-electron chi connectivity index (χ0n) is 9.36. The first-order chi connectivity index (χ1) is 6.53. The molecule has 0 radical (unpaired) electrons. The lowest BCUT2D eigenvalue weighted by Gasteiger charge is -2.25. The Morgan fingerprint density at radius 1 is 1.43 bits per heavy atom. The average molecular weight is 218 g/mol. The van der Waals surface area contributed by atoms with Crippen LogP contribution in [0.3, 0.4) is 0 Å². The molecule has 0 rings (SSSR count). The molecule has 0 aliphatic heterocycles. The lowest BCUT2D eigenvalue weighted by Crippen LogP contribution is -2.22. The second kappa shape index (κ2) is 6.19. The topological polar surface area (TPSA) is 53.3 Å². The highest BCUT2D eigenvalue weighted by Gasteiger charge is 2.31. The highest BCUT2D eigenvalue weighted by atomic mass is 31.2. The van der Waals surface area contributed by atoms with E-state index in [0.717, 1.165) is 6.42 Å². The molecule has 0 amide bonds. The maximum Gasteiger partial charge on any atom is 0.371 e. The van der Waals surface area contributed by atoms with Crippen molar-refractivity contribution in [2.45, 2.75) is 40.2 Å². The van der Waals surface area contributed by atoms with E-state index in [1.807, 2.05) is 27.7 Å². The Balaban J connectivity index is 4.64. The van der Waals surface area contributed by atoms with Crippen molar-refractivity contribution >= 4 is 7.52 Å². The molecule has 0 aromatic carbocycles. The number of hydrogen-bond donors (Lipinski definition) is 0. The molecule has 0 fully saturated rings. The highest BCUT2D eigenvalue weighted by Crippen LogP contribution is 2.50. The summed E-state index contributed by atoms with van der Waals surface area (Å²) in [5, 5.41) is 8.88. The summed E-state index contributed by atoms with van der Waals surface area (Å²) in [5.74, 6) is 1.80. The predicted molar refractivity (Wildman–Crippen MR) is 57.0 cm³/mol. The second-order valence-corrected chi connectivity index (χ2v) is 5.10. The zero-order valence-corrected chi connectivity index (χ0v) is 10.3. The first-order valence-corrected chi connectivity index (χ1v) is 6.56. The van der Waals surface area contributed by atoms with Gasteiger partial charge in [-0.3, -0.25) is 4.57 Å². The van der Waals surface area contributed by atoms with Crippen LogP contribution in [-0.2, 0) is 9.09 Å². The standard InChI is InChI=1S/C9H19N2O2P/c1-5-9(4)13-14(12,8-10)11(6-2)7-3/h9H,5-7H2,1-4H3. The summed E-state index contributed by atoms with van der Waals surface area (Å²) in [6, 6.07) is 0. The molecule has 5 heteroatoms. The Kier molecular flexibility index (Phi) is 6.03. The van der Waals surface area contributed by atoms with Gasteiger partial charge in [0, 0.05) is 13.1 Å². The lowest BCUT2D eigenvalue weighted by atomic mass is 10.3. The lowest BCUT2D eigenvalue weighted by molar-refractivity contribution is 0.198. The Labute approximate surface area is 86.4 Å². The van der Waals surface area contributed by atoms with Gasteiger partial charge in [-0.2, -0.15) is 5.26 Å². The summed E-state index contributed by atoms with van der Waals surface area (Å²) in [6.07, 6.45) is 0.619. The van der Waals surface area contributed by atoms with Gasteiger partial charge in [-0.15, -0.1) is 0 Å². The van der Waals surface area contributed by atoms with E-state index in [4.69, 9.17) is 9.79 Å². The summed E-state index contributed by atoms with van der Waals surface area (Å²) in [5.41, 5.74) is 0. The third-order valence-corrected chi connectivity index (χ3v) is 4.34. The van der Waals surface area contributed by atoms with Crippen LogP contribution in [0.25, 0.3) is 0 Å². The first kappa shape index (κ1) is 13.6. The maximum atomic E-state index is 12.1. The molecule has 2 atom stereocenters. The Morgan fingerprint density at radius 2 is 1.93 bits per heavy atom. The van der Waals surface area contributed by atoms with Gasteiger partial charge in [0.05, 0.1) is 6.10 Å². The summed E-state index contributed by atoms with van der Waals surface area (Å²) in [4.78, 5) is 0. The quantitative estimate of drug-likeness (QED) is 0.643. The molecule has 0 aliphatic rings. The van der Waals surface area contributed by atoms with Crippen molar-refractivity contribution in [3.05, 3.63) is 0 Å². The third-order valence-electron chi connectivity index (χ3n) is 2.13. The second-order valence-electron chi connectivity index (χ2n) is 3.08. The van der Waals surface area contributed by atoms with Gasteiger partial charge in [-0.25, -0.2) is 4.67 Å². The van der Waals surface area contributed by atoms with Crippen LogP contribution in [0.1, 0.15) is 34.1 Å². The monoisotopic (exact) mass is 218 g/mol. The normalized spacial score (nSPS) is 17.4. The Morgan fingerprint density at radius 3 is 2.21 bits per heavy atom. The minimum absolute atomic E-state index is 0.138. The number of hydrogen-bond acceptors (Lipinski definition) is 3. The molecule has 0 aromatic rings. The van der Waals surface area contributed by atoms with Crippen LogP contribution in [0, 0.1) is 11.1 Å². The van der Waals surface area contributed by atoms with Crippen molar-refractivity contribution in [3.8, 4) is 5.81 Å². The number of rotatable bonds is 6. The van der Waals surface area contributed by atoms with E-state index in [0.29, 0.717) is 13.1 Å². The maximum absolute atomic E-state index is 12.1. The third kappa shape index (κ3) is 3.42. The van der Waals surface area contributed by atoms with Gasteiger partial charge in [-0.1, -0.05) is 20.8 Å². The van der Waals surface area contributed by atoms with E-state index in [-0.39, 0.29) is 6.10 Å². The van der Waals surface area contributed by atoms with E-state index in [9.17, 15) is 4.57 Å². The number of nitriles is 1. The fraction of sp³-hybridized carbons (Fsp3) is 0.889. The van der Waals surface area contributed by atoms with Gasteiger partial charge in [-0.05, 0) is 13.3 Å². The molecule has 82 valence electrons. The van der Waals surface area contributed by atoms with Crippen molar-refractivity contribution in [1.29, 1.82) is 5.26 Å². The first-order valence-electron chi connectivity index (χ1n) is 4.99. The largest absolute Gasteiger partial charge is 0.371 e. The van der Waals surface area contributed by atoms with E-state index in [1.165, 1.54) is 0 Å². The van der Waals surface area contributed by atoms with Crippen LogP contribution in [0.5, 0.6) is 0 Å². The van der Waals surface area contributed by atoms with Gasteiger partial charge < -0.3 is 4.52 Å². The highest BCUT2D eigenvalue weighted by molar-refractivity contribution is 7.61. The van der Waals surface area contributed by atoms with Crippen LogP contribution < -0.4 is 0 Å². The van der Waals surface area contributed by atoms with Gasteiger partial charge >= 0.3 is 7.52 Å². The SMILES string of the molecule is CCC(C)OP(=O)(C#N)N(CC)CC. The Hall–Kier alpha value is -0.360. The fourth-order valence-corrected chi connectivity index (χ4v) is 2.76. The molecule has 0 spiro atoms. The van der Waals surface area contributed by atoms with Crippen LogP contribution in [0.4, 0.5) is 0 Å². The Bertz CT molecular complexity index is 246. The van der Waals surface area contributed by atoms with Gasteiger partial charge in [0.25, 0.3) is 0 Å². The minimum atomic E-state index is -3.24. The van der Waals surface area contributed by atoms with Gasteiger partial charge in [0.2, 0.25) is 0 Å².